The highest BCUT2D eigenvalue weighted by molar-refractivity contribution is 6.31. The average molecular weight is 395 g/mol. The summed E-state index contributed by atoms with van der Waals surface area (Å²) >= 11 is 5.98. The first kappa shape index (κ1) is 20.1. The van der Waals surface area contributed by atoms with E-state index in [-0.39, 0.29) is 40.9 Å². The molecule has 4 nitrogen and oxygen atoms in total. The van der Waals surface area contributed by atoms with Crippen molar-refractivity contribution in [3.8, 4) is 0 Å². The quantitative estimate of drug-likeness (QED) is 0.761. The first-order valence-corrected chi connectivity index (χ1v) is 10.4. The van der Waals surface area contributed by atoms with Gasteiger partial charge in [-0.15, -0.1) is 0 Å². The van der Waals surface area contributed by atoms with Crippen molar-refractivity contribution >= 4 is 23.4 Å². The van der Waals surface area contributed by atoms with Crippen LogP contribution in [0.2, 0.25) is 5.02 Å². The minimum Gasteiger partial charge on any atom is -0.353 e. The predicted octanol–water partition coefficient (Wildman–Crippen LogP) is 4.15. The first-order chi connectivity index (χ1) is 13.0. The molecular formula is C21H28ClFN2O2. The summed E-state index contributed by atoms with van der Waals surface area (Å²) in [4.78, 5) is 24.5. The summed E-state index contributed by atoms with van der Waals surface area (Å²) in [7, 11) is 0. The largest absolute Gasteiger partial charge is 0.353 e. The van der Waals surface area contributed by atoms with E-state index in [1.165, 1.54) is 31.4 Å². The Morgan fingerprint density at radius 2 is 1.67 bits per heavy atom. The summed E-state index contributed by atoms with van der Waals surface area (Å²) in [6.45, 7) is 0. The summed E-state index contributed by atoms with van der Waals surface area (Å²) in [6, 6.07) is 4.55. The van der Waals surface area contributed by atoms with Crippen LogP contribution in [0.15, 0.2) is 18.2 Å². The molecule has 0 aromatic heterocycles. The molecule has 2 atom stereocenters. The number of carbonyl (C=O) groups excluding carboxylic acids is 2. The molecule has 6 heteroatoms. The van der Waals surface area contributed by atoms with E-state index in [0.717, 1.165) is 32.1 Å². The van der Waals surface area contributed by atoms with Gasteiger partial charge in [-0.05, 0) is 50.2 Å². The standard InChI is InChI=1S/C21H28ClFN2O2/c22-18-7-4-8-19(23)17(18)13-21(27)25-16-10-9-15(12-16)24-20(26)11-14-5-2-1-3-6-14/h4,7-8,14-16H,1-3,5-6,9-13H2,(H,24,26)(H,25,27)/t15-,16+/m1/s1. The number of hydrogen-bond donors (Lipinski definition) is 2. The van der Waals surface area contributed by atoms with Gasteiger partial charge in [0.15, 0.2) is 0 Å². The van der Waals surface area contributed by atoms with Crippen molar-refractivity contribution in [1.82, 2.24) is 10.6 Å². The number of amides is 2. The predicted molar refractivity (Wildman–Crippen MR) is 104 cm³/mol. The molecule has 0 bridgehead atoms. The highest BCUT2D eigenvalue weighted by Crippen LogP contribution is 2.27. The Kier molecular flexibility index (Phi) is 7.11. The molecule has 0 spiro atoms. The Hall–Kier alpha value is -1.62. The maximum absolute atomic E-state index is 13.8. The van der Waals surface area contributed by atoms with E-state index in [9.17, 15) is 14.0 Å². The molecule has 1 aromatic carbocycles. The molecule has 0 saturated heterocycles. The maximum atomic E-state index is 13.8. The Morgan fingerprint density at radius 3 is 2.33 bits per heavy atom. The molecule has 1 aromatic rings. The third-order valence-corrected chi connectivity index (χ3v) is 6.11. The van der Waals surface area contributed by atoms with Gasteiger partial charge in [-0.3, -0.25) is 9.59 Å². The molecule has 2 aliphatic rings. The van der Waals surface area contributed by atoms with Gasteiger partial charge in [0.05, 0.1) is 6.42 Å². The van der Waals surface area contributed by atoms with Crippen molar-refractivity contribution in [3.63, 3.8) is 0 Å². The molecular weight excluding hydrogens is 367 g/mol. The van der Waals surface area contributed by atoms with Crippen LogP contribution in [0.1, 0.15) is 63.4 Å². The summed E-state index contributed by atoms with van der Waals surface area (Å²) in [5.41, 5.74) is 0.229. The Labute approximate surface area is 165 Å². The number of nitrogens with one attached hydrogen (secondary N) is 2. The van der Waals surface area contributed by atoms with Crippen LogP contribution >= 0.6 is 11.6 Å². The van der Waals surface area contributed by atoms with Crippen molar-refractivity contribution in [2.75, 3.05) is 0 Å². The van der Waals surface area contributed by atoms with Gasteiger partial charge in [-0.1, -0.05) is 36.9 Å². The van der Waals surface area contributed by atoms with Crippen LogP contribution in [0.4, 0.5) is 4.39 Å². The smallest absolute Gasteiger partial charge is 0.224 e. The van der Waals surface area contributed by atoms with Crippen LogP contribution in [0.3, 0.4) is 0 Å². The van der Waals surface area contributed by atoms with Crippen LogP contribution in [0.25, 0.3) is 0 Å². The monoisotopic (exact) mass is 394 g/mol. The SMILES string of the molecule is O=C(CC1CCCCC1)N[C@@H]1CC[C@H](NC(=O)Cc2c(F)cccc2Cl)C1. The summed E-state index contributed by atoms with van der Waals surface area (Å²) in [5, 5.41) is 6.34. The van der Waals surface area contributed by atoms with Crippen molar-refractivity contribution in [2.45, 2.75) is 76.3 Å². The first-order valence-electron chi connectivity index (χ1n) is 10.0. The number of rotatable bonds is 6. The Morgan fingerprint density at radius 1 is 1.00 bits per heavy atom. The molecule has 27 heavy (non-hydrogen) atoms. The fourth-order valence-electron chi connectivity index (χ4n) is 4.32. The van der Waals surface area contributed by atoms with E-state index < -0.39 is 5.82 Å². The zero-order valence-corrected chi connectivity index (χ0v) is 16.4. The number of benzene rings is 1. The zero-order chi connectivity index (χ0) is 19.2. The maximum Gasteiger partial charge on any atom is 0.224 e. The molecule has 0 radical (unpaired) electrons. The van der Waals surface area contributed by atoms with Crippen molar-refractivity contribution in [1.29, 1.82) is 0 Å². The lowest BCUT2D eigenvalue weighted by molar-refractivity contribution is -0.123. The second kappa shape index (κ2) is 9.54. The molecule has 148 valence electrons. The van der Waals surface area contributed by atoms with Gasteiger partial charge in [-0.2, -0.15) is 0 Å². The molecule has 0 heterocycles. The minimum absolute atomic E-state index is 0.0167. The minimum atomic E-state index is -0.461. The van der Waals surface area contributed by atoms with Crippen LogP contribution in [-0.4, -0.2) is 23.9 Å². The molecule has 2 saturated carbocycles. The van der Waals surface area contributed by atoms with Crippen molar-refractivity contribution < 1.29 is 14.0 Å². The van der Waals surface area contributed by atoms with Gasteiger partial charge < -0.3 is 10.6 Å². The van der Waals surface area contributed by atoms with E-state index in [4.69, 9.17) is 11.6 Å². The topological polar surface area (TPSA) is 58.2 Å². The van der Waals surface area contributed by atoms with E-state index in [1.807, 2.05) is 0 Å². The molecule has 2 fully saturated rings. The summed E-state index contributed by atoms with van der Waals surface area (Å²) in [5.74, 6) is -0.0312. The summed E-state index contributed by atoms with van der Waals surface area (Å²) < 4.78 is 13.8. The third-order valence-electron chi connectivity index (χ3n) is 5.76. The highest BCUT2D eigenvalue weighted by atomic mass is 35.5. The van der Waals surface area contributed by atoms with Gasteiger partial charge in [0, 0.05) is 29.1 Å². The van der Waals surface area contributed by atoms with Crippen LogP contribution in [0, 0.1) is 11.7 Å². The molecule has 0 aliphatic heterocycles. The lowest BCUT2D eigenvalue weighted by Gasteiger charge is -2.22. The lowest BCUT2D eigenvalue weighted by atomic mass is 9.87. The third kappa shape index (κ3) is 5.93. The van der Waals surface area contributed by atoms with Crippen LogP contribution in [0.5, 0.6) is 0 Å². The fraction of sp³-hybridized carbons (Fsp3) is 0.619. The van der Waals surface area contributed by atoms with E-state index in [1.54, 1.807) is 6.07 Å². The normalized spacial score (nSPS) is 23.2. The molecule has 0 unspecified atom stereocenters. The number of hydrogen-bond acceptors (Lipinski definition) is 2. The Bertz CT molecular complexity index is 656. The molecule has 3 rings (SSSR count). The Balaban J connectivity index is 1.41. The van der Waals surface area contributed by atoms with Crippen molar-refractivity contribution in [2.24, 2.45) is 5.92 Å². The second-order valence-electron chi connectivity index (χ2n) is 7.93. The van der Waals surface area contributed by atoms with Crippen LogP contribution < -0.4 is 10.6 Å². The second-order valence-corrected chi connectivity index (χ2v) is 8.33. The average Bonchev–Trinajstić information content (AvgIpc) is 3.05. The zero-order valence-electron chi connectivity index (χ0n) is 15.6. The van der Waals surface area contributed by atoms with Crippen molar-refractivity contribution in [3.05, 3.63) is 34.6 Å². The van der Waals surface area contributed by atoms with Gasteiger partial charge in [0.1, 0.15) is 5.82 Å². The summed E-state index contributed by atoms with van der Waals surface area (Å²) in [6.07, 6.45) is 9.06. The number of carbonyl (C=O) groups is 2. The molecule has 2 N–H and O–H groups in total. The van der Waals surface area contributed by atoms with Gasteiger partial charge >= 0.3 is 0 Å². The fourth-order valence-corrected chi connectivity index (χ4v) is 4.55. The van der Waals surface area contributed by atoms with Gasteiger partial charge in [0.2, 0.25) is 11.8 Å². The van der Waals surface area contributed by atoms with Crippen LogP contribution in [-0.2, 0) is 16.0 Å². The van der Waals surface area contributed by atoms with E-state index >= 15 is 0 Å². The molecule has 2 aliphatic carbocycles. The van der Waals surface area contributed by atoms with E-state index in [0.29, 0.717) is 12.3 Å². The highest BCUT2D eigenvalue weighted by Gasteiger charge is 2.28. The molecule has 2 amide bonds. The lowest BCUT2D eigenvalue weighted by Crippen LogP contribution is -2.38. The number of halogens is 2. The van der Waals surface area contributed by atoms with Gasteiger partial charge in [-0.25, -0.2) is 4.39 Å². The van der Waals surface area contributed by atoms with E-state index in [2.05, 4.69) is 10.6 Å². The van der Waals surface area contributed by atoms with Gasteiger partial charge in [0.25, 0.3) is 0 Å².